The Morgan fingerprint density at radius 2 is 2.00 bits per heavy atom. The molecule has 3 aromatic rings. The highest BCUT2D eigenvalue weighted by atomic mass is 16.2. The highest BCUT2D eigenvalue weighted by molar-refractivity contribution is 5.76. The molecular formula is C18H22N6O. The molecule has 25 heavy (non-hydrogen) atoms. The van der Waals surface area contributed by atoms with Crippen molar-refractivity contribution in [1.29, 1.82) is 0 Å². The number of piperidine rings is 1. The molecule has 0 atom stereocenters. The van der Waals surface area contributed by atoms with E-state index in [9.17, 15) is 4.79 Å². The van der Waals surface area contributed by atoms with E-state index in [1.165, 1.54) is 5.69 Å². The Morgan fingerprint density at radius 1 is 1.20 bits per heavy atom. The van der Waals surface area contributed by atoms with E-state index in [-0.39, 0.29) is 5.91 Å². The van der Waals surface area contributed by atoms with Gasteiger partial charge in [-0.3, -0.25) is 9.48 Å². The molecule has 7 nitrogen and oxygen atoms in total. The molecule has 1 amide bonds. The summed E-state index contributed by atoms with van der Waals surface area (Å²) in [4.78, 5) is 18.9. The van der Waals surface area contributed by atoms with Crippen molar-refractivity contribution in [1.82, 2.24) is 29.3 Å². The molecule has 0 radical (unpaired) electrons. The molecule has 0 aromatic carbocycles. The number of aromatic nitrogens is 5. The highest BCUT2D eigenvalue weighted by Gasteiger charge is 2.26. The molecule has 0 aliphatic carbocycles. The van der Waals surface area contributed by atoms with Crippen LogP contribution in [0, 0.1) is 13.8 Å². The lowest BCUT2D eigenvalue weighted by atomic mass is 9.93. The molecule has 1 aliphatic heterocycles. The second-order valence-corrected chi connectivity index (χ2v) is 6.71. The zero-order chi connectivity index (χ0) is 17.4. The van der Waals surface area contributed by atoms with Crippen LogP contribution in [0.2, 0.25) is 0 Å². The molecule has 0 spiro atoms. The first-order valence-corrected chi connectivity index (χ1v) is 8.69. The van der Waals surface area contributed by atoms with Crippen LogP contribution in [-0.4, -0.2) is 48.3 Å². The number of rotatable bonds is 3. The van der Waals surface area contributed by atoms with Gasteiger partial charge in [-0.05, 0) is 38.8 Å². The van der Waals surface area contributed by atoms with Crippen LogP contribution in [-0.2, 0) is 11.3 Å². The van der Waals surface area contributed by atoms with Crippen LogP contribution < -0.4 is 0 Å². The predicted molar refractivity (Wildman–Crippen MR) is 93.2 cm³/mol. The van der Waals surface area contributed by atoms with Gasteiger partial charge >= 0.3 is 0 Å². The molecule has 1 fully saturated rings. The van der Waals surface area contributed by atoms with Gasteiger partial charge in [0.1, 0.15) is 6.54 Å². The quantitative estimate of drug-likeness (QED) is 0.732. The van der Waals surface area contributed by atoms with E-state index >= 15 is 0 Å². The first-order chi connectivity index (χ1) is 12.1. The van der Waals surface area contributed by atoms with Crippen LogP contribution in [0.5, 0.6) is 0 Å². The number of hydrogen-bond donors (Lipinski definition) is 0. The van der Waals surface area contributed by atoms with Gasteiger partial charge in [-0.1, -0.05) is 0 Å². The number of carbonyl (C=O) groups excluding carboxylic acids is 1. The molecule has 4 rings (SSSR count). The SMILES string of the molecule is Cc1cc(C)n(CC(=O)N2CCC(c3ccnc4ccnn34)CC2)n1. The van der Waals surface area contributed by atoms with Crippen molar-refractivity contribution in [3.05, 3.63) is 47.7 Å². The van der Waals surface area contributed by atoms with E-state index in [1.807, 2.05) is 47.7 Å². The third-order valence-electron chi connectivity index (χ3n) is 4.97. The Kier molecular flexibility index (Phi) is 3.99. The van der Waals surface area contributed by atoms with Crippen molar-refractivity contribution < 1.29 is 4.79 Å². The molecule has 4 heterocycles. The fraction of sp³-hybridized carbons (Fsp3) is 0.444. The van der Waals surface area contributed by atoms with Gasteiger partial charge in [0.2, 0.25) is 5.91 Å². The van der Waals surface area contributed by atoms with Gasteiger partial charge in [-0.15, -0.1) is 0 Å². The summed E-state index contributed by atoms with van der Waals surface area (Å²) in [5.41, 5.74) is 4.03. The van der Waals surface area contributed by atoms with Crippen molar-refractivity contribution in [2.45, 2.75) is 39.2 Å². The van der Waals surface area contributed by atoms with Crippen molar-refractivity contribution in [3.8, 4) is 0 Å². The van der Waals surface area contributed by atoms with E-state index in [0.717, 1.165) is 43.0 Å². The van der Waals surface area contributed by atoms with Crippen molar-refractivity contribution in [2.24, 2.45) is 0 Å². The highest BCUT2D eigenvalue weighted by Crippen LogP contribution is 2.28. The first kappa shape index (κ1) is 15.8. The molecule has 0 bridgehead atoms. The minimum Gasteiger partial charge on any atom is -0.341 e. The van der Waals surface area contributed by atoms with Crippen LogP contribution in [0.1, 0.15) is 35.8 Å². The summed E-state index contributed by atoms with van der Waals surface area (Å²) in [6.07, 6.45) is 5.51. The zero-order valence-corrected chi connectivity index (χ0v) is 14.6. The lowest BCUT2D eigenvalue weighted by Gasteiger charge is -2.32. The monoisotopic (exact) mass is 338 g/mol. The average Bonchev–Trinajstić information content (AvgIpc) is 3.21. The normalized spacial score (nSPS) is 15.8. The molecule has 1 saturated heterocycles. The molecule has 130 valence electrons. The Balaban J connectivity index is 1.42. The third kappa shape index (κ3) is 3.01. The van der Waals surface area contributed by atoms with Crippen LogP contribution in [0.4, 0.5) is 0 Å². The fourth-order valence-electron chi connectivity index (χ4n) is 3.65. The van der Waals surface area contributed by atoms with Crippen LogP contribution in [0.15, 0.2) is 30.6 Å². The molecular weight excluding hydrogens is 316 g/mol. The van der Waals surface area contributed by atoms with Crippen LogP contribution >= 0.6 is 0 Å². The summed E-state index contributed by atoms with van der Waals surface area (Å²) < 4.78 is 3.71. The van der Waals surface area contributed by atoms with Gasteiger partial charge in [-0.2, -0.15) is 10.2 Å². The number of nitrogens with zero attached hydrogens (tertiary/aromatic N) is 6. The number of aryl methyl sites for hydroxylation is 2. The number of fused-ring (bicyclic) bond motifs is 1. The van der Waals surface area contributed by atoms with E-state index in [1.54, 1.807) is 10.9 Å². The molecule has 1 aliphatic rings. The standard InChI is InChI=1S/C18H22N6O/c1-13-11-14(2)23(21-13)12-18(25)22-9-5-15(6-10-22)16-3-7-19-17-4-8-20-24(16)17/h3-4,7-8,11,15H,5-6,9-10,12H2,1-2H3. The number of likely N-dealkylation sites (tertiary alicyclic amines) is 1. The van der Waals surface area contributed by atoms with E-state index in [0.29, 0.717) is 12.5 Å². The fourth-order valence-corrected chi connectivity index (χ4v) is 3.65. The van der Waals surface area contributed by atoms with Gasteiger partial charge in [0.25, 0.3) is 0 Å². The summed E-state index contributed by atoms with van der Waals surface area (Å²) in [7, 11) is 0. The second-order valence-electron chi connectivity index (χ2n) is 6.71. The average molecular weight is 338 g/mol. The molecule has 3 aromatic heterocycles. The van der Waals surface area contributed by atoms with Gasteiger partial charge < -0.3 is 4.90 Å². The maximum absolute atomic E-state index is 12.6. The Morgan fingerprint density at radius 3 is 2.72 bits per heavy atom. The minimum absolute atomic E-state index is 0.142. The van der Waals surface area contributed by atoms with Gasteiger partial charge in [0.15, 0.2) is 5.65 Å². The summed E-state index contributed by atoms with van der Waals surface area (Å²) in [6.45, 7) is 5.80. The smallest absolute Gasteiger partial charge is 0.244 e. The predicted octanol–water partition coefficient (Wildman–Crippen LogP) is 1.95. The topological polar surface area (TPSA) is 68.3 Å². The molecule has 0 saturated carbocycles. The summed E-state index contributed by atoms with van der Waals surface area (Å²) >= 11 is 0. The maximum atomic E-state index is 12.6. The van der Waals surface area contributed by atoms with Crippen molar-refractivity contribution in [2.75, 3.05) is 13.1 Å². The minimum atomic E-state index is 0.142. The maximum Gasteiger partial charge on any atom is 0.244 e. The van der Waals surface area contributed by atoms with Crippen LogP contribution in [0.3, 0.4) is 0 Å². The van der Waals surface area contributed by atoms with Gasteiger partial charge in [0.05, 0.1) is 11.9 Å². The molecule has 7 heteroatoms. The zero-order valence-electron chi connectivity index (χ0n) is 14.6. The second kappa shape index (κ2) is 6.31. The lowest BCUT2D eigenvalue weighted by molar-refractivity contribution is -0.133. The number of amides is 1. The van der Waals surface area contributed by atoms with Crippen molar-refractivity contribution >= 4 is 11.6 Å². The largest absolute Gasteiger partial charge is 0.341 e. The van der Waals surface area contributed by atoms with Crippen LogP contribution in [0.25, 0.3) is 5.65 Å². The first-order valence-electron chi connectivity index (χ1n) is 8.69. The van der Waals surface area contributed by atoms with E-state index in [2.05, 4.69) is 15.2 Å². The number of carbonyl (C=O) groups is 1. The third-order valence-corrected chi connectivity index (χ3v) is 4.97. The Hall–Kier alpha value is -2.70. The Bertz CT molecular complexity index is 903. The Labute approximate surface area is 146 Å². The van der Waals surface area contributed by atoms with Gasteiger partial charge in [-0.25, -0.2) is 9.50 Å². The summed E-state index contributed by atoms with van der Waals surface area (Å²) in [5, 5.41) is 8.76. The molecule has 0 N–H and O–H groups in total. The van der Waals surface area contributed by atoms with E-state index in [4.69, 9.17) is 0 Å². The lowest BCUT2D eigenvalue weighted by Crippen LogP contribution is -2.40. The van der Waals surface area contributed by atoms with Crippen molar-refractivity contribution in [3.63, 3.8) is 0 Å². The molecule has 0 unspecified atom stereocenters. The summed E-state index contributed by atoms with van der Waals surface area (Å²) in [5.74, 6) is 0.548. The summed E-state index contributed by atoms with van der Waals surface area (Å²) in [6, 6.07) is 5.95. The van der Waals surface area contributed by atoms with E-state index < -0.39 is 0 Å². The van der Waals surface area contributed by atoms with Gasteiger partial charge in [0, 0.05) is 42.7 Å². The number of hydrogen-bond acceptors (Lipinski definition) is 4.